The fourth-order valence-electron chi connectivity index (χ4n) is 7.59. The highest BCUT2D eigenvalue weighted by molar-refractivity contribution is 5.75. The summed E-state index contributed by atoms with van der Waals surface area (Å²) in [4.78, 5) is 28.5. The molecule has 1 aliphatic carbocycles. The maximum atomic E-state index is 13.2. The first-order valence-corrected chi connectivity index (χ1v) is 18.0. The molecule has 0 amide bonds. The van der Waals surface area contributed by atoms with E-state index in [0.29, 0.717) is 68.2 Å². The molecule has 4 atom stereocenters. The molecule has 1 heterocycles. The van der Waals surface area contributed by atoms with E-state index < -0.39 is 17.0 Å². The van der Waals surface area contributed by atoms with Gasteiger partial charge in [-0.3, -0.25) is 9.59 Å². The Labute approximate surface area is 290 Å². The summed E-state index contributed by atoms with van der Waals surface area (Å²) < 4.78 is 22.5. The molecule has 3 N–H and O–H groups in total. The van der Waals surface area contributed by atoms with E-state index in [4.69, 9.17) is 18.9 Å². The van der Waals surface area contributed by atoms with Gasteiger partial charge in [-0.1, -0.05) is 62.4 Å². The Morgan fingerprint density at radius 2 is 1.63 bits per heavy atom. The van der Waals surface area contributed by atoms with Gasteiger partial charge in [-0.15, -0.1) is 0 Å². The zero-order chi connectivity index (χ0) is 34.6. The average Bonchev–Trinajstić information content (AvgIpc) is 3.14. The second-order valence-electron chi connectivity index (χ2n) is 13.7. The molecule has 2 unspecified atom stereocenters. The maximum absolute atomic E-state index is 13.2. The summed E-state index contributed by atoms with van der Waals surface area (Å²) in [5.74, 6) is 2.02. The number of aliphatic hydroxyl groups is 1. The van der Waals surface area contributed by atoms with Gasteiger partial charge in [0.05, 0.1) is 32.5 Å². The summed E-state index contributed by atoms with van der Waals surface area (Å²) in [5, 5.41) is 18.4. The molecule has 1 saturated heterocycles. The second-order valence-corrected chi connectivity index (χ2v) is 13.7. The summed E-state index contributed by atoms with van der Waals surface area (Å²) in [5.41, 5.74) is 1.95. The number of nitrogens with one attached hydrogen (secondary N) is 2. The summed E-state index contributed by atoms with van der Waals surface area (Å²) >= 11 is 0. The number of aliphatic hydroxyl groups excluding tert-OH is 1. The summed E-state index contributed by atoms with van der Waals surface area (Å²) in [6, 6.07) is 15.6. The van der Waals surface area contributed by atoms with Gasteiger partial charge in [-0.05, 0) is 54.9 Å². The van der Waals surface area contributed by atoms with E-state index in [-0.39, 0.29) is 18.1 Å². The molecule has 2 aliphatic rings. The van der Waals surface area contributed by atoms with Crippen molar-refractivity contribution in [1.29, 1.82) is 0 Å². The van der Waals surface area contributed by atoms with Crippen LogP contribution < -0.4 is 35.9 Å². The molecule has 268 valence electrons. The number of rotatable bonds is 19. The number of benzene rings is 2. The van der Waals surface area contributed by atoms with Crippen molar-refractivity contribution >= 4 is 11.4 Å². The molecule has 0 aromatic heterocycles. The van der Waals surface area contributed by atoms with E-state index in [1.165, 1.54) is 19.3 Å². The summed E-state index contributed by atoms with van der Waals surface area (Å²) in [6.07, 6.45) is 8.32. The molecule has 5 rings (SSSR count). The van der Waals surface area contributed by atoms with Gasteiger partial charge in [-0.25, -0.2) is 0 Å². The molecule has 49 heavy (non-hydrogen) atoms. The second kappa shape index (κ2) is 18.5. The Hall–Kier alpha value is -3.44. The van der Waals surface area contributed by atoms with Crippen LogP contribution in [0.15, 0.2) is 58.1 Å². The van der Waals surface area contributed by atoms with Crippen LogP contribution in [-0.2, 0) is 16.0 Å². The highest BCUT2D eigenvalue weighted by atomic mass is 16.5. The molecule has 0 radical (unpaired) electrons. The van der Waals surface area contributed by atoms with Crippen LogP contribution in [-0.4, -0.2) is 71.4 Å². The van der Waals surface area contributed by atoms with Crippen molar-refractivity contribution in [2.24, 2.45) is 11.8 Å². The van der Waals surface area contributed by atoms with Crippen LogP contribution in [0.1, 0.15) is 75.0 Å². The number of hydrogen-bond donors (Lipinski definition) is 3. The van der Waals surface area contributed by atoms with Gasteiger partial charge in [-0.2, -0.15) is 0 Å². The van der Waals surface area contributed by atoms with Gasteiger partial charge in [0.1, 0.15) is 22.9 Å². The van der Waals surface area contributed by atoms with Crippen molar-refractivity contribution in [2.75, 3.05) is 64.4 Å². The molecule has 0 bridgehead atoms. The highest BCUT2D eigenvalue weighted by Gasteiger charge is 2.35. The third-order valence-electron chi connectivity index (χ3n) is 10.2. The predicted octanol–water partition coefficient (Wildman–Crippen LogP) is 5.21. The fraction of sp³-hybridized carbons (Fsp3) is 0.590. The van der Waals surface area contributed by atoms with Crippen molar-refractivity contribution in [3.63, 3.8) is 0 Å². The molecule has 1 saturated carbocycles. The molecule has 3 aromatic carbocycles. The zero-order valence-corrected chi connectivity index (χ0v) is 29.5. The Balaban J connectivity index is 1.30. The fourth-order valence-corrected chi connectivity index (χ4v) is 7.59. The molecular weight excluding hydrogens is 622 g/mol. The minimum atomic E-state index is -0.774. The average molecular weight is 678 g/mol. The number of hydrogen-bond acceptors (Lipinski definition) is 10. The number of methoxy groups -OCH3 is 3. The lowest BCUT2D eigenvalue weighted by molar-refractivity contribution is -0.00235. The first kappa shape index (κ1) is 36.8. The quantitative estimate of drug-likeness (QED) is 0.115. The Morgan fingerprint density at radius 1 is 0.898 bits per heavy atom. The van der Waals surface area contributed by atoms with Gasteiger partial charge in [0.15, 0.2) is 0 Å². The number of anilines is 2. The Morgan fingerprint density at radius 3 is 2.33 bits per heavy atom. The number of nitrogens with zero attached hydrogens (tertiary/aromatic N) is 1. The summed E-state index contributed by atoms with van der Waals surface area (Å²) in [7, 11) is 4.94. The van der Waals surface area contributed by atoms with Crippen molar-refractivity contribution in [1.82, 2.24) is 5.32 Å². The van der Waals surface area contributed by atoms with Gasteiger partial charge in [0.2, 0.25) is 0 Å². The normalized spacial score (nSPS) is 19.0. The van der Waals surface area contributed by atoms with Gasteiger partial charge < -0.3 is 39.6 Å². The lowest BCUT2D eigenvalue weighted by atomic mass is 9.83. The standard InChI is InChI=1S/C39H55N3O7/c1-46-18-11-19-49-39(29-14-8-5-9-15-29)30-16-10-17-42(26-30)36-35(37(44)38(36)45)41-33(22-27-12-6-4-7-13-27)34(43)25-40-24-28-20-31(47-2)23-32(21-28)48-3/h5,8-9,14-15,20-21,23,27,30,33-34,39-41,43H,4,6-7,10-13,16-19,22,24-26H2,1-3H3/t30?,33-,34-,39?/m0/s1. The smallest absolute Gasteiger partial charge is 0.253 e. The van der Waals surface area contributed by atoms with Crippen LogP contribution in [0.3, 0.4) is 0 Å². The summed E-state index contributed by atoms with van der Waals surface area (Å²) in [6.45, 7) is 3.36. The van der Waals surface area contributed by atoms with E-state index in [1.807, 2.05) is 36.4 Å². The minimum Gasteiger partial charge on any atom is -0.497 e. The van der Waals surface area contributed by atoms with Crippen LogP contribution in [0.2, 0.25) is 0 Å². The highest BCUT2D eigenvalue weighted by Crippen LogP contribution is 2.36. The predicted molar refractivity (Wildman–Crippen MR) is 194 cm³/mol. The topological polar surface area (TPSA) is 119 Å². The van der Waals surface area contributed by atoms with Gasteiger partial charge in [0.25, 0.3) is 10.9 Å². The maximum Gasteiger partial charge on any atom is 0.253 e. The Bertz CT molecular complexity index is 1480. The van der Waals surface area contributed by atoms with E-state index in [2.05, 4.69) is 27.7 Å². The SMILES string of the molecule is COCCCOC(c1ccccc1)C1CCCN(c2c(N[C@@H](CC3CCCCC3)[C@@H](O)CNCc3cc(OC)cc(OC)c3)c(=O)c2=O)C1. The molecule has 3 aromatic rings. The molecule has 2 fully saturated rings. The van der Waals surface area contributed by atoms with Crippen LogP contribution in [0.4, 0.5) is 11.4 Å². The van der Waals surface area contributed by atoms with Crippen LogP contribution in [0, 0.1) is 11.8 Å². The Kier molecular flexibility index (Phi) is 13.9. The van der Waals surface area contributed by atoms with E-state index in [9.17, 15) is 14.7 Å². The van der Waals surface area contributed by atoms with Crippen molar-refractivity contribution in [2.45, 2.75) is 82.6 Å². The lowest BCUT2D eigenvalue weighted by Crippen LogP contribution is -2.50. The minimum absolute atomic E-state index is 0.125. The number of piperidine rings is 1. The molecule has 10 heteroatoms. The molecule has 1 aliphatic heterocycles. The van der Waals surface area contributed by atoms with E-state index in [1.54, 1.807) is 21.3 Å². The van der Waals surface area contributed by atoms with Crippen molar-refractivity contribution < 1.29 is 24.1 Å². The van der Waals surface area contributed by atoms with E-state index >= 15 is 0 Å². The van der Waals surface area contributed by atoms with Gasteiger partial charge in [0, 0.05) is 58.5 Å². The molecule has 0 spiro atoms. The van der Waals surface area contributed by atoms with Crippen LogP contribution >= 0.6 is 0 Å². The van der Waals surface area contributed by atoms with Crippen molar-refractivity contribution in [3.05, 3.63) is 80.1 Å². The zero-order valence-electron chi connectivity index (χ0n) is 29.5. The third kappa shape index (κ3) is 9.84. The van der Waals surface area contributed by atoms with Gasteiger partial charge >= 0.3 is 0 Å². The number of ether oxygens (including phenoxy) is 4. The third-order valence-corrected chi connectivity index (χ3v) is 10.2. The molecule has 10 nitrogen and oxygen atoms in total. The largest absolute Gasteiger partial charge is 0.497 e. The lowest BCUT2D eigenvalue weighted by Gasteiger charge is -2.40. The first-order valence-electron chi connectivity index (χ1n) is 18.0. The monoisotopic (exact) mass is 677 g/mol. The van der Waals surface area contributed by atoms with Crippen LogP contribution in [0.25, 0.3) is 0 Å². The van der Waals surface area contributed by atoms with Crippen LogP contribution in [0.5, 0.6) is 11.5 Å². The molecular formula is C39H55N3O7. The van der Waals surface area contributed by atoms with Crippen molar-refractivity contribution in [3.8, 4) is 11.5 Å². The van der Waals surface area contributed by atoms with E-state index in [0.717, 1.165) is 49.7 Å². The first-order chi connectivity index (χ1) is 23.9.